The minimum absolute atomic E-state index is 0.0511. The number of ether oxygens (including phenoxy) is 2. The van der Waals surface area contributed by atoms with Gasteiger partial charge in [0.2, 0.25) is 0 Å². The number of thiophene rings is 1. The number of sulfonamides is 1. The molecule has 3 aromatic rings. The lowest BCUT2D eigenvalue weighted by Gasteiger charge is -2.16. The molecule has 0 fully saturated rings. The third kappa shape index (κ3) is 7.11. The second-order valence-electron chi connectivity index (χ2n) is 8.17. The molecule has 4 rings (SSSR count). The summed E-state index contributed by atoms with van der Waals surface area (Å²) in [4.78, 5) is 12.0. The molecule has 0 saturated carbocycles. The van der Waals surface area contributed by atoms with Gasteiger partial charge in [-0.2, -0.15) is 9.98 Å². The van der Waals surface area contributed by atoms with Gasteiger partial charge in [0.1, 0.15) is 36.9 Å². The van der Waals surface area contributed by atoms with Crippen molar-refractivity contribution in [2.24, 2.45) is 0 Å². The molecular formula is C25H23ClFN3O7PS2+. The Labute approximate surface area is 239 Å². The van der Waals surface area contributed by atoms with Gasteiger partial charge in [0, 0.05) is 16.8 Å². The molecule has 0 spiro atoms. The van der Waals surface area contributed by atoms with Crippen molar-refractivity contribution in [3.63, 3.8) is 0 Å². The normalized spacial score (nSPS) is 14.4. The van der Waals surface area contributed by atoms with E-state index < -0.39 is 33.9 Å². The molecular weight excluding hydrogens is 604 g/mol. The standard InChI is InChI=1S/C25H22ClFN3O7PS2/c26-9-13-35-20-15-21-22(19(16-28)24(20)36-14-12-30-10-5-2-6-11-30)23(27)25(39-21)40(33,34)29-17-38(31,32)37-18-7-3-1-4-8-18/h1-8,15,29H,9-10,12-14,17H2/p+1. The molecule has 2 aromatic carbocycles. The van der Waals surface area contributed by atoms with Crippen LogP contribution in [-0.4, -0.2) is 56.7 Å². The van der Waals surface area contributed by atoms with Gasteiger partial charge in [0.05, 0.1) is 30.4 Å². The average molecular weight is 627 g/mol. The summed E-state index contributed by atoms with van der Waals surface area (Å²) in [6.45, 7) is 1.16. The van der Waals surface area contributed by atoms with E-state index in [0.717, 1.165) is 0 Å². The van der Waals surface area contributed by atoms with E-state index in [1.54, 1.807) is 24.3 Å². The summed E-state index contributed by atoms with van der Waals surface area (Å²) < 4.78 is 71.8. The molecule has 0 bridgehead atoms. The Balaban J connectivity index is 1.62. The van der Waals surface area contributed by atoms with Crippen LogP contribution in [0.4, 0.5) is 4.39 Å². The fourth-order valence-corrected chi connectivity index (χ4v) is 7.75. The quantitative estimate of drug-likeness (QED) is 0.158. The molecule has 1 aliphatic rings. The molecule has 40 heavy (non-hydrogen) atoms. The van der Waals surface area contributed by atoms with Crippen LogP contribution in [0, 0.1) is 23.3 Å². The number of benzene rings is 2. The lowest BCUT2D eigenvalue weighted by atomic mass is 10.1. The maximum Gasteiger partial charge on any atom is 0.391 e. The van der Waals surface area contributed by atoms with Crippen molar-refractivity contribution < 1.29 is 36.3 Å². The highest BCUT2D eigenvalue weighted by Crippen LogP contribution is 2.45. The smallest absolute Gasteiger partial charge is 0.391 e. The molecule has 0 saturated heterocycles. The van der Waals surface area contributed by atoms with E-state index in [2.05, 4.69) is 6.20 Å². The van der Waals surface area contributed by atoms with E-state index >= 15 is 4.39 Å². The lowest BCUT2D eigenvalue weighted by molar-refractivity contribution is 0.241. The monoisotopic (exact) mass is 626 g/mol. The minimum Gasteiger partial charge on any atom is -0.488 e. The third-order valence-electron chi connectivity index (χ3n) is 5.37. The van der Waals surface area contributed by atoms with Gasteiger partial charge < -0.3 is 18.9 Å². The molecule has 1 aliphatic heterocycles. The third-order valence-corrected chi connectivity index (χ3v) is 9.80. The first kappa shape index (κ1) is 29.8. The van der Waals surface area contributed by atoms with E-state index in [-0.39, 0.29) is 52.0 Å². The Kier molecular flexibility index (Phi) is 9.66. The molecule has 0 amide bonds. The number of fused-ring (bicyclic) bond motifs is 1. The topological polar surface area (TPSA) is 138 Å². The maximum atomic E-state index is 15.6. The van der Waals surface area contributed by atoms with Crippen LogP contribution in [-0.2, 0) is 14.6 Å². The van der Waals surface area contributed by atoms with Crippen LogP contribution >= 0.6 is 30.5 Å². The SMILES string of the molecule is N#Cc1c(OCCN2[C+]=CC=CC2)c(OCCCl)cc2sc(S(=O)(=O)NCP(=O)(O)Oc3ccccc3)c(F)c12. The predicted octanol–water partition coefficient (Wildman–Crippen LogP) is 4.60. The molecule has 2 heterocycles. The van der Waals surface area contributed by atoms with Gasteiger partial charge in [-0.1, -0.05) is 18.2 Å². The zero-order valence-electron chi connectivity index (χ0n) is 20.7. The highest BCUT2D eigenvalue weighted by Gasteiger charge is 2.32. The van der Waals surface area contributed by atoms with Crippen LogP contribution in [0.3, 0.4) is 0 Å². The number of nitrogens with zero attached hydrogens (tertiary/aromatic N) is 2. The number of hydrogen-bond donors (Lipinski definition) is 2. The van der Waals surface area contributed by atoms with Crippen molar-refractivity contribution >= 4 is 50.6 Å². The van der Waals surface area contributed by atoms with Crippen LogP contribution in [0.1, 0.15) is 5.56 Å². The van der Waals surface area contributed by atoms with Gasteiger partial charge in [0.25, 0.3) is 10.0 Å². The predicted molar refractivity (Wildman–Crippen MR) is 149 cm³/mol. The first-order valence-corrected chi connectivity index (χ1v) is 16.3. The fraction of sp³-hybridized carbons (Fsp3) is 0.240. The zero-order valence-corrected chi connectivity index (χ0v) is 24.0. The largest absolute Gasteiger partial charge is 0.488 e. The van der Waals surface area contributed by atoms with Crippen LogP contribution in [0.2, 0.25) is 0 Å². The van der Waals surface area contributed by atoms with Crippen LogP contribution in [0.15, 0.2) is 58.8 Å². The molecule has 0 radical (unpaired) electrons. The number of nitrogens with one attached hydrogen (secondary N) is 1. The second-order valence-corrected chi connectivity index (χ2v) is 13.3. The Bertz CT molecular complexity index is 1620. The van der Waals surface area contributed by atoms with E-state index in [0.29, 0.717) is 24.4 Å². The molecule has 210 valence electrons. The number of alkyl halides is 1. The number of allylic oxidation sites excluding steroid dienone is 2. The molecule has 1 atom stereocenters. The van der Waals surface area contributed by atoms with E-state index in [4.69, 9.17) is 25.6 Å². The van der Waals surface area contributed by atoms with Crippen LogP contribution in [0.25, 0.3) is 10.1 Å². The summed E-state index contributed by atoms with van der Waals surface area (Å²) >= 11 is 6.29. The van der Waals surface area contributed by atoms with Crippen molar-refractivity contribution in [3.05, 3.63) is 72.2 Å². The van der Waals surface area contributed by atoms with E-state index in [1.165, 1.54) is 18.2 Å². The summed E-state index contributed by atoms with van der Waals surface area (Å²) in [7, 11) is -9.11. The zero-order chi connectivity index (χ0) is 28.8. The van der Waals surface area contributed by atoms with Gasteiger partial charge in [-0.25, -0.2) is 22.3 Å². The van der Waals surface area contributed by atoms with Gasteiger partial charge in [-0.15, -0.1) is 22.9 Å². The number of halogens is 2. The van der Waals surface area contributed by atoms with Gasteiger partial charge in [0.15, 0.2) is 33.8 Å². The average Bonchev–Trinajstić information content (AvgIpc) is 3.28. The van der Waals surface area contributed by atoms with Gasteiger partial charge in [-0.3, -0.25) is 0 Å². The molecule has 10 nitrogen and oxygen atoms in total. The minimum atomic E-state index is -4.63. The fourth-order valence-electron chi connectivity index (χ4n) is 3.62. The van der Waals surface area contributed by atoms with Crippen LogP contribution in [0.5, 0.6) is 17.2 Å². The highest BCUT2D eigenvalue weighted by atomic mass is 35.5. The number of para-hydroxylation sites is 1. The van der Waals surface area contributed by atoms with Crippen molar-refractivity contribution in [1.82, 2.24) is 9.62 Å². The second kappa shape index (κ2) is 13.0. The summed E-state index contributed by atoms with van der Waals surface area (Å²) in [5.74, 6) is -0.985. The Morgan fingerprint density at radius 1 is 1.27 bits per heavy atom. The number of rotatable bonds is 13. The molecule has 1 aromatic heterocycles. The summed E-state index contributed by atoms with van der Waals surface area (Å²) in [5.41, 5.74) is -0.254. The Morgan fingerprint density at radius 3 is 2.73 bits per heavy atom. The molecule has 1 unspecified atom stereocenters. The number of hydrogen-bond acceptors (Lipinski definition) is 9. The Hall–Kier alpha value is -3.20. The van der Waals surface area contributed by atoms with Crippen LogP contribution < -0.4 is 18.7 Å². The van der Waals surface area contributed by atoms with Crippen molar-refractivity contribution in [1.29, 1.82) is 5.26 Å². The maximum absolute atomic E-state index is 15.6. The Morgan fingerprint density at radius 2 is 2.05 bits per heavy atom. The lowest BCUT2D eigenvalue weighted by Crippen LogP contribution is -2.25. The molecule has 15 heteroatoms. The molecule has 0 aliphatic carbocycles. The number of nitriles is 1. The first-order valence-electron chi connectivity index (χ1n) is 11.7. The first-order chi connectivity index (χ1) is 19.1. The van der Waals surface area contributed by atoms with Gasteiger partial charge in [-0.05, 0) is 12.1 Å². The molecule has 2 N–H and O–H groups in total. The highest BCUT2D eigenvalue weighted by molar-refractivity contribution is 7.92. The van der Waals surface area contributed by atoms with Crippen molar-refractivity contribution in [2.45, 2.75) is 4.21 Å². The summed E-state index contributed by atoms with van der Waals surface area (Å²) in [6.07, 6.45) is 7.54. The van der Waals surface area contributed by atoms with E-state index in [9.17, 15) is 23.1 Å². The summed E-state index contributed by atoms with van der Waals surface area (Å²) in [6, 6.07) is 10.9. The summed E-state index contributed by atoms with van der Waals surface area (Å²) in [5, 5.41) is 9.66. The van der Waals surface area contributed by atoms with Gasteiger partial charge >= 0.3 is 7.60 Å². The van der Waals surface area contributed by atoms with E-state index in [1.807, 2.05) is 27.8 Å². The van der Waals surface area contributed by atoms with Crippen molar-refractivity contribution in [3.8, 4) is 23.3 Å². The van der Waals surface area contributed by atoms with Crippen molar-refractivity contribution in [2.75, 3.05) is 38.5 Å².